The number of nitrogens with one attached hydrogen (secondary N) is 1. The fourth-order valence-electron chi connectivity index (χ4n) is 3.08. The van der Waals surface area contributed by atoms with Crippen molar-refractivity contribution in [1.82, 2.24) is 15.1 Å². The van der Waals surface area contributed by atoms with Gasteiger partial charge in [0, 0.05) is 22.8 Å². The number of aryl methyl sites for hydroxylation is 1. The second kappa shape index (κ2) is 6.24. The predicted octanol–water partition coefficient (Wildman–Crippen LogP) is 1.97. The molecule has 0 aromatic carbocycles. The van der Waals surface area contributed by atoms with Crippen LogP contribution in [0.3, 0.4) is 0 Å². The lowest BCUT2D eigenvalue weighted by atomic mass is 10.1. The van der Waals surface area contributed by atoms with Crippen LogP contribution in [0, 0.1) is 6.92 Å². The van der Waals surface area contributed by atoms with E-state index in [2.05, 4.69) is 29.3 Å². The molecule has 0 radical (unpaired) electrons. The summed E-state index contributed by atoms with van der Waals surface area (Å²) < 4.78 is 0. The van der Waals surface area contributed by atoms with E-state index < -0.39 is 0 Å². The molecular weight excluding hydrogens is 270 g/mol. The fourth-order valence-corrected chi connectivity index (χ4v) is 4.05. The average Bonchev–Trinajstić information content (AvgIpc) is 3.04. The highest BCUT2D eigenvalue weighted by Gasteiger charge is 2.32. The third-order valence-corrected chi connectivity index (χ3v) is 5.27. The topological polar surface area (TPSA) is 35.6 Å². The zero-order chi connectivity index (χ0) is 13.9. The van der Waals surface area contributed by atoms with Crippen LogP contribution < -0.4 is 5.32 Å². The quantitative estimate of drug-likeness (QED) is 0.922. The van der Waals surface area contributed by atoms with Crippen LogP contribution in [0.4, 0.5) is 0 Å². The number of nitrogens with zero attached hydrogens (tertiary/aromatic N) is 2. The number of thiophene rings is 1. The Morgan fingerprint density at radius 1 is 1.25 bits per heavy atom. The van der Waals surface area contributed by atoms with E-state index >= 15 is 0 Å². The van der Waals surface area contributed by atoms with Crippen molar-refractivity contribution in [1.29, 1.82) is 0 Å². The molecule has 3 heterocycles. The van der Waals surface area contributed by atoms with Gasteiger partial charge in [0.1, 0.15) is 6.17 Å². The molecule has 4 nitrogen and oxygen atoms in total. The van der Waals surface area contributed by atoms with Crippen molar-refractivity contribution >= 4 is 17.2 Å². The molecule has 1 atom stereocenters. The van der Waals surface area contributed by atoms with Crippen molar-refractivity contribution < 1.29 is 4.79 Å². The summed E-state index contributed by atoms with van der Waals surface area (Å²) in [6.45, 7) is 6.82. The molecule has 0 aliphatic carbocycles. The molecule has 0 bridgehead atoms. The first-order chi connectivity index (χ1) is 9.74. The first kappa shape index (κ1) is 14.0. The molecule has 20 heavy (non-hydrogen) atoms. The molecule has 0 saturated carbocycles. The minimum absolute atomic E-state index is 0.0889. The largest absolute Gasteiger partial charge is 0.320 e. The van der Waals surface area contributed by atoms with Crippen LogP contribution in [-0.2, 0) is 4.79 Å². The third kappa shape index (κ3) is 3.05. The number of carbonyl (C=O) groups excluding carboxylic acids is 1. The van der Waals surface area contributed by atoms with Gasteiger partial charge in [-0.2, -0.15) is 0 Å². The van der Waals surface area contributed by atoms with Crippen LogP contribution >= 0.6 is 11.3 Å². The van der Waals surface area contributed by atoms with Gasteiger partial charge in [-0.25, -0.2) is 0 Å². The van der Waals surface area contributed by atoms with Gasteiger partial charge in [-0.15, -0.1) is 11.3 Å². The maximum absolute atomic E-state index is 12.1. The van der Waals surface area contributed by atoms with Gasteiger partial charge in [0.15, 0.2) is 0 Å². The number of amides is 1. The molecule has 0 spiro atoms. The lowest BCUT2D eigenvalue weighted by molar-refractivity contribution is -0.128. The van der Waals surface area contributed by atoms with Crippen molar-refractivity contribution in [2.24, 2.45) is 0 Å². The lowest BCUT2D eigenvalue weighted by Crippen LogP contribution is -2.39. The molecule has 5 heteroatoms. The SMILES string of the molecule is Cc1ccc(C2NCC(=O)N2CCN2CCCCC2)s1. The van der Waals surface area contributed by atoms with E-state index in [1.807, 2.05) is 4.90 Å². The second-order valence-corrected chi connectivity index (χ2v) is 7.04. The van der Waals surface area contributed by atoms with E-state index in [4.69, 9.17) is 0 Å². The van der Waals surface area contributed by atoms with Gasteiger partial charge in [-0.05, 0) is 45.0 Å². The Kier molecular flexibility index (Phi) is 4.38. The van der Waals surface area contributed by atoms with Crippen LogP contribution in [0.1, 0.15) is 35.2 Å². The maximum Gasteiger partial charge on any atom is 0.238 e. The van der Waals surface area contributed by atoms with Crippen LogP contribution in [0.5, 0.6) is 0 Å². The minimum Gasteiger partial charge on any atom is -0.320 e. The van der Waals surface area contributed by atoms with Crippen LogP contribution in [0.25, 0.3) is 0 Å². The monoisotopic (exact) mass is 293 g/mol. The van der Waals surface area contributed by atoms with E-state index in [9.17, 15) is 4.79 Å². The molecule has 1 aromatic heterocycles. The summed E-state index contributed by atoms with van der Waals surface area (Å²) in [5.41, 5.74) is 0. The van der Waals surface area contributed by atoms with E-state index in [1.165, 1.54) is 42.1 Å². The van der Waals surface area contributed by atoms with E-state index in [1.54, 1.807) is 11.3 Å². The molecule has 2 saturated heterocycles. The summed E-state index contributed by atoms with van der Waals surface area (Å²) in [4.78, 5) is 19.2. The van der Waals surface area contributed by atoms with E-state index in [-0.39, 0.29) is 12.1 Å². The fraction of sp³-hybridized carbons (Fsp3) is 0.667. The van der Waals surface area contributed by atoms with Crippen molar-refractivity contribution in [2.45, 2.75) is 32.4 Å². The molecule has 1 amide bonds. The highest BCUT2D eigenvalue weighted by molar-refractivity contribution is 7.12. The van der Waals surface area contributed by atoms with Crippen LogP contribution in [0.15, 0.2) is 12.1 Å². The lowest BCUT2D eigenvalue weighted by Gasteiger charge is -2.30. The zero-order valence-corrected chi connectivity index (χ0v) is 12.9. The van der Waals surface area contributed by atoms with Gasteiger partial charge in [-0.3, -0.25) is 10.1 Å². The highest BCUT2D eigenvalue weighted by Crippen LogP contribution is 2.28. The molecule has 1 aromatic rings. The predicted molar refractivity (Wildman–Crippen MR) is 81.8 cm³/mol. The smallest absolute Gasteiger partial charge is 0.238 e. The Balaban J connectivity index is 1.61. The average molecular weight is 293 g/mol. The van der Waals surface area contributed by atoms with Crippen molar-refractivity contribution in [2.75, 3.05) is 32.7 Å². The van der Waals surface area contributed by atoms with Gasteiger partial charge in [0.2, 0.25) is 5.91 Å². The standard InChI is InChI=1S/C15H23N3OS/c1-12-5-6-13(20-12)15-16-11-14(19)18(15)10-9-17-7-3-2-4-8-17/h5-6,15-16H,2-4,7-11H2,1H3. The summed E-state index contributed by atoms with van der Waals surface area (Å²) in [6, 6.07) is 4.28. The Hall–Kier alpha value is -0.910. The third-order valence-electron chi connectivity index (χ3n) is 4.22. The summed E-state index contributed by atoms with van der Waals surface area (Å²) in [5.74, 6) is 0.234. The molecule has 2 aliphatic heterocycles. The normalized spacial score (nSPS) is 24.6. The van der Waals surface area contributed by atoms with Crippen molar-refractivity contribution in [3.05, 3.63) is 21.9 Å². The van der Waals surface area contributed by atoms with Crippen molar-refractivity contribution in [3.63, 3.8) is 0 Å². The van der Waals surface area contributed by atoms with Gasteiger partial charge in [0.25, 0.3) is 0 Å². The summed E-state index contributed by atoms with van der Waals surface area (Å²) in [6.07, 6.45) is 4.06. The first-order valence-electron chi connectivity index (χ1n) is 7.55. The number of carbonyl (C=O) groups is 1. The Bertz CT molecular complexity index is 467. The maximum atomic E-state index is 12.1. The molecule has 110 valence electrons. The summed E-state index contributed by atoms with van der Waals surface area (Å²) in [7, 11) is 0. The second-order valence-electron chi connectivity index (χ2n) is 5.72. The number of hydrogen-bond acceptors (Lipinski definition) is 4. The molecule has 1 unspecified atom stereocenters. The number of rotatable bonds is 4. The molecule has 3 rings (SSSR count). The first-order valence-corrected chi connectivity index (χ1v) is 8.37. The summed E-state index contributed by atoms with van der Waals surface area (Å²) >= 11 is 1.78. The summed E-state index contributed by atoms with van der Waals surface area (Å²) in [5, 5.41) is 3.34. The number of likely N-dealkylation sites (tertiary alicyclic amines) is 1. The van der Waals surface area contributed by atoms with Gasteiger partial charge in [-0.1, -0.05) is 6.42 Å². The molecule has 1 N–H and O–H groups in total. The Labute approximate surface area is 124 Å². The Morgan fingerprint density at radius 2 is 2.05 bits per heavy atom. The Morgan fingerprint density at radius 3 is 2.75 bits per heavy atom. The van der Waals surface area contributed by atoms with E-state index in [0.29, 0.717) is 6.54 Å². The van der Waals surface area contributed by atoms with Crippen molar-refractivity contribution in [3.8, 4) is 0 Å². The van der Waals surface area contributed by atoms with E-state index in [0.717, 1.165) is 13.1 Å². The van der Waals surface area contributed by atoms with Gasteiger partial charge >= 0.3 is 0 Å². The molecule has 2 aliphatic rings. The van der Waals surface area contributed by atoms with Gasteiger partial charge < -0.3 is 9.80 Å². The van der Waals surface area contributed by atoms with Gasteiger partial charge in [0.05, 0.1) is 6.54 Å². The zero-order valence-electron chi connectivity index (χ0n) is 12.1. The number of piperidine rings is 1. The molecule has 2 fully saturated rings. The highest BCUT2D eigenvalue weighted by atomic mass is 32.1. The molecular formula is C15H23N3OS. The van der Waals surface area contributed by atoms with Crippen LogP contribution in [0.2, 0.25) is 0 Å². The number of hydrogen-bond donors (Lipinski definition) is 1. The van der Waals surface area contributed by atoms with Crippen LogP contribution in [-0.4, -0.2) is 48.4 Å². The minimum atomic E-state index is 0.0889.